The van der Waals surface area contributed by atoms with E-state index in [4.69, 9.17) is 24.0 Å². The first-order chi connectivity index (χ1) is 25.7. The predicted octanol–water partition coefficient (Wildman–Crippen LogP) is 11.3. The summed E-state index contributed by atoms with van der Waals surface area (Å²) in [7, 11) is -4.78. The molecule has 0 spiro atoms. The molecule has 9 nitrogen and oxygen atoms in total. The minimum absolute atomic E-state index is 0.135. The number of phosphoric acid groups is 1. The normalized spacial score (nSPS) is 17.1. The van der Waals surface area contributed by atoms with Gasteiger partial charge in [-0.2, -0.15) is 0 Å². The third-order valence-corrected chi connectivity index (χ3v) is 9.11. The van der Waals surface area contributed by atoms with Crippen LogP contribution in [0.25, 0.3) is 0 Å². The summed E-state index contributed by atoms with van der Waals surface area (Å²) in [5.41, 5.74) is 0. The van der Waals surface area contributed by atoms with Crippen LogP contribution in [0.4, 0.5) is 0 Å². The monoisotopic (exact) mass is 762 g/mol. The van der Waals surface area contributed by atoms with Gasteiger partial charge in [0.1, 0.15) is 6.61 Å². The maximum atomic E-state index is 12.4. The molecule has 0 saturated carbocycles. The van der Waals surface area contributed by atoms with Crippen molar-refractivity contribution in [3.8, 4) is 0 Å². The van der Waals surface area contributed by atoms with E-state index in [0.29, 0.717) is 25.0 Å². The molecule has 0 aromatic rings. The third-order valence-electron chi connectivity index (χ3n) is 8.62. The van der Waals surface area contributed by atoms with E-state index in [2.05, 4.69) is 79.1 Å². The topological polar surface area (TPSA) is 132 Å². The highest BCUT2D eigenvalue weighted by Crippen LogP contribution is 2.36. The molecule has 2 N–H and O–H groups in total. The number of epoxide rings is 1. The summed E-state index contributed by atoms with van der Waals surface area (Å²) in [5, 5.41) is 0. The number of allylic oxidation sites excluding steroid dienone is 10. The number of esters is 2. The van der Waals surface area contributed by atoms with Gasteiger partial charge in [0.15, 0.2) is 6.10 Å². The van der Waals surface area contributed by atoms with E-state index in [0.717, 1.165) is 64.2 Å². The molecule has 1 aliphatic heterocycles. The summed E-state index contributed by atoms with van der Waals surface area (Å²) in [6.45, 7) is 3.47. The molecular weight excluding hydrogens is 691 g/mol. The first-order valence-electron chi connectivity index (χ1n) is 20.4. The lowest BCUT2D eigenvalue weighted by Crippen LogP contribution is -2.29. The largest absolute Gasteiger partial charge is 0.469 e. The average Bonchev–Trinajstić information content (AvgIpc) is 3.88. The first-order valence-corrected chi connectivity index (χ1v) is 21.9. The molecule has 1 rings (SSSR count). The molecule has 1 heterocycles. The van der Waals surface area contributed by atoms with Crippen molar-refractivity contribution in [1.82, 2.24) is 0 Å². The Kier molecular flexibility index (Phi) is 31.1. The lowest BCUT2D eigenvalue weighted by molar-refractivity contribution is -0.161. The fourth-order valence-corrected chi connectivity index (χ4v) is 5.85. The second-order valence-electron chi connectivity index (χ2n) is 13.6. The summed E-state index contributed by atoms with van der Waals surface area (Å²) in [6.07, 6.45) is 46.7. The van der Waals surface area contributed by atoms with E-state index in [-0.39, 0.29) is 19.4 Å². The second kappa shape index (κ2) is 34.0. The Bertz CT molecular complexity index is 1150. The molecule has 53 heavy (non-hydrogen) atoms. The molecule has 0 amide bonds. The standard InChI is InChI=1S/C43H71O9P/c1-3-5-7-8-9-10-11-12-13-14-19-22-25-28-32-36-43(45)51-39(38-50-53(46,47)48)37-49-42(44)35-31-27-24-21-18-16-15-17-20-23-26-30-34-41-40(52-41)33-29-6-4-2/h6,10-11,16-18,20,24,26-27,29-30,39-41H,3-5,7-9,12-15,19,21-23,25,28,31-38H2,1-2H3,(H2,46,47,48)/b11-10-,18-16-,20-17-,27-24-,29-6-,30-26-/t39-,40?,41?/m1/s1. The molecular formula is C43H71O9P. The van der Waals surface area contributed by atoms with Crippen LogP contribution in [0.3, 0.4) is 0 Å². The number of hydrogen-bond donors (Lipinski definition) is 2. The number of carbonyl (C=O) groups excluding carboxylic acids is 2. The quantitative estimate of drug-likeness (QED) is 0.0213. The number of ether oxygens (including phenoxy) is 3. The number of phosphoric ester groups is 1. The maximum absolute atomic E-state index is 12.4. The predicted molar refractivity (Wildman–Crippen MR) is 215 cm³/mol. The summed E-state index contributed by atoms with van der Waals surface area (Å²) >= 11 is 0. The molecule has 0 radical (unpaired) electrons. The SMILES string of the molecule is CC/C=C\CC1OC1C/C=C\C/C=C\C/C=C\C/C=C\CCC(=O)OC[C@H](COP(=O)(O)O)OC(=O)CCCCCCCCC/C=C\CCCCCC. The van der Waals surface area contributed by atoms with Crippen LogP contribution < -0.4 is 0 Å². The van der Waals surface area contributed by atoms with Crippen LogP contribution in [-0.4, -0.2) is 53.3 Å². The number of carbonyl (C=O) groups is 2. The Hall–Kier alpha value is -2.55. The summed E-state index contributed by atoms with van der Waals surface area (Å²) in [6, 6.07) is 0. The van der Waals surface area contributed by atoms with Crippen molar-refractivity contribution < 1.29 is 42.7 Å². The summed E-state index contributed by atoms with van der Waals surface area (Å²) in [5.74, 6) is -0.998. The zero-order valence-corrected chi connectivity index (χ0v) is 33.7. The highest BCUT2D eigenvalue weighted by molar-refractivity contribution is 7.46. The highest BCUT2D eigenvalue weighted by Gasteiger charge is 2.35. The van der Waals surface area contributed by atoms with Crippen molar-refractivity contribution in [3.05, 3.63) is 72.9 Å². The van der Waals surface area contributed by atoms with Crippen LogP contribution in [0.1, 0.15) is 155 Å². The minimum Gasteiger partial charge on any atom is -0.462 e. The van der Waals surface area contributed by atoms with Gasteiger partial charge >= 0.3 is 19.8 Å². The molecule has 3 atom stereocenters. The van der Waals surface area contributed by atoms with Crippen LogP contribution in [-0.2, 0) is 32.9 Å². The van der Waals surface area contributed by atoms with E-state index in [9.17, 15) is 14.2 Å². The van der Waals surface area contributed by atoms with Gasteiger partial charge in [-0.25, -0.2) is 4.57 Å². The van der Waals surface area contributed by atoms with Gasteiger partial charge < -0.3 is 24.0 Å². The molecule has 2 unspecified atom stereocenters. The van der Waals surface area contributed by atoms with E-state index in [1.165, 1.54) is 51.4 Å². The number of hydrogen-bond acceptors (Lipinski definition) is 7. The van der Waals surface area contributed by atoms with Gasteiger partial charge in [0.2, 0.25) is 0 Å². The lowest BCUT2D eigenvalue weighted by atomic mass is 10.1. The molecule has 0 aromatic carbocycles. The van der Waals surface area contributed by atoms with Crippen LogP contribution in [0, 0.1) is 0 Å². The Balaban J connectivity index is 2.13. The van der Waals surface area contributed by atoms with Crippen molar-refractivity contribution in [2.24, 2.45) is 0 Å². The molecule has 302 valence electrons. The van der Waals surface area contributed by atoms with E-state index in [1.807, 2.05) is 12.2 Å². The zero-order chi connectivity index (χ0) is 38.7. The van der Waals surface area contributed by atoms with Gasteiger partial charge in [-0.1, -0.05) is 138 Å². The minimum atomic E-state index is -4.78. The van der Waals surface area contributed by atoms with Gasteiger partial charge in [0.25, 0.3) is 0 Å². The van der Waals surface area contributed by atoms with Crippen molar-refractivity contribution in [1.29, 1.82) is 0 Å². The lowest BCUT2D eigenvalue weighted by Gasteiger charge is -2.18. The Morgan fingerprint density at radius 1 is 0.604 bits per heavy atom. The zero-order valence-electron chi connectivity index (χ0n) is 32.8. The van der Waals surface area contributed by atoms with Gasteiger partial charge in [-0.3, -0.25) is 14.1 Å². The average molecular weight is 763 g/mol. The second-order valence-corrected chi connectivity index (χ2v) is 14.9. The molecule has 0 bridgehead atoms. The summed E-state index contributed by atoms with van der Waals surface area (Å²) in [4.78, 5) is 42.8. The smallest absolute Gasteiger partial charge is 0.462 e. The van der Waals surface area contributed by atoms with Crippen molar-refractivity contribution in [2.75, 3.05) is 13.2 Å². The molecule has 1 aliphatic rings. The van der Waals surface area contributed by atoms with Gasteiger partial charge in [-0.05, 0) is 77.0 Å². The van der Waals surface area contributed by atoms with E-state index in [1.54, 1.807) is 0 Å². The number of rotatable bonds is 35. The molecule has 0 aromatic heterocycles. The highest BCUT2D eigenvalue weighted by atomic mass is 31.2. The van der Waals surface area contributed by atoms with E-state index >= 15 is 0 Å². The fourth-order valence-electron chi connectivity index (χ4n) is 5.49. The van der Waals surface area contributed by atoms with Crippen LogP contribution in [0.5, 0.6) is 0 Å². The van der Waals surface area contributed by atoms with Crippen molar-refractivity contribution in [3.63, 3.8) is 0 Å². The molecule has 10 heteroatoms. The first kappa shape index (κ1) is 48.5. The molecule has 1 saturated heterocycles. The fraction of sp³-hybridized carbons (Fsp3) is 0.674. The maximum Gasteiger partial charge on any atom is 0.469 e. The number of unbranched alkanes of at least 4 members (excludes halogenated alkanes) is 11. The van der Waals surface area contributed by atoms with Crippen LogP contribution in [0.15, 0.2) is 72.9 Å². The van der Waals surface area contributed by atoms with Gasteiger partial charge in [0.05, 0.1) is 18.8 Å². The van der Waals surface area contributed by atoms with Crippen LogP contribution >= 0.6 is 7.82 Å². The van der Waals surface area contributed by atoms with Crippen LogP contribution in [0.2, 0.25) is 0 Å². The van der Waals surface area contributed by atoms with Crippen molar-refractivity contribution in [2.45, 2.75) is 173 Å². The van der Waals surface area contributed by atoms with Gasteiger partial charge in [-0.15, -0.1) is 0 Å². The summed E-state index contributed by atoms with van der Waals surface area (Å²) < 4.78 is 31.9. The Labute approximate surface area is 321 Å². The van der Waals surface area contributed by atoms with Gasteiger partial charge in [0, 0.05) is 12.8 Å². The third kappa shape index (κ3) is 33.7. The Morgan fingerprint density at radius 2 is 1.11 bits per heavy atom. The van der Waals surface area contributed by atoms with E-state index < -0.39 is 32.5 Å². The van der Waals surface area contributed by atoms with Crippen molar-refractivity contribution >= 4 is 19.8 Å². The molecule has 0 aliphatic carbocycles. The molecule has 1 fully saturated rings. The Morgan fingerprint density at radius 3 is 1.70 bits per heavy atom.